The Morgan fingerprint density at radius 2 is 2.00 bits per heavy atom. The number of benzene rings is 2. The van der Waals surface area contributed by atoms with Crippen LogP contribution in [0.25, 0.3) is 16.6 Å². The van der Waals surface area contributed by atoms with E-state index in [-0.39, 0.29) is 0 Å². The van der Waals surface area contributed by atoms with E-state index in [1.165, 1.54) is 0 Å². The Hall–Kier alpha value is -2.13. The number of hydrogen-bond donors (Lipinski definition) is 0. The van der Waals surface area contributed by atoms with Crippen molar-refractivity contribution in [2.75, 3.05) is 0 Å². The third-order valence-electron chi connectivity index (χ3n) is 2.83. The molecule has 0 aliphatic carbocycles. The van der Waals surface area contributed by atoms with Crippen LogP contribution >= 0.6 is 11.6 Å². The van der Waals surface area contributed by atoms with Gasteiger partial charge in [-0.1, -0.05) is 29.8 Å². The Labute approximate surface area is 109 Å². The first kappa shape index (κ1) is 11.0. The number of carbonyl (C=O) groups is 1. The summed E-state index contributed by atoms with van der Waals surface area (Å²) in [5.41, 5.74) is 2.33. The quantitative estimate of drug-likeness (QED) is 0.658. The van der Waals surface area contributed by atoms with Crippen LogP contribution in [0.4, 0.5) is 0 Å². The lowest BCUT2D eigenvalue weighted by Gasteiger charge is -2.05. The summed E-state index contributed by atoms with van der Waals surface area (Å²) in [4.78, 5) is 10.7. The van der Waals surface area contributed by atoms with Crippen molar-refractivity contribution in [2.24, 2.45) is 0 Å². The maximum Gasteiger partial charge on any atom is 0.151 e. The fourth-order valence-electron chi connectivity index (χ4n) is 1.92. The topological polar surface area (TPSA) is 34.9 Å². The molecular formula is C14H9ClN2O. The fraction of sp³-hybridized carbons (Fsp3) is 0. The van der Waals surface area contributed by atoms with Gasteiger partial charge in [0.2, 0.25) is 0 Å². The molecule has 0 atom stereocenters. The number of nitrogens with zero attached hydrogens (tertiary/aromatic N) is 2. The number of rotatable bonds is 2. The van der Waals surface area contributed by atoms with Gasteiger partial charge in [-0.05, 0) is 24.3 Å². The summed E-state index contributed by atoms with van der Waals surface area (Å²) in [5, 5.41) is 5.83. The lowest BCUT2D eigenvalue weighted by atomic mass is 10.2. The molecule has 2 aromatic carbocycles. The van der Waals surface area contributed by atoms with Gasteiger partial charge < -0.3 is 0 Å². The number of hydrogen-bond acceptors (Lipinski definition) is 2. The molecule has 0 spiro atoms. The van der Waals surface area contributed by atoms with Gasteiger partial charge in [0, 0.05) is 10.9 Å². The van der Waals surface area contributed by atoms with Gasteiger partial charge in [-0.3, -0.25) is 4.79 Å². The molecular weight excluding hydrogens is 248 g/mol. The maximum atomic E-state index is 10.7. The smallest absolute Gasteiger partial charge is 0.151 e. The zero-order valence-corrected chi connectivity index (χ0v) is 10.1. The van der Waals surface area contributed by atoms with Crippen LogP contribution in [0.15, 0.2) is 48.7 Å². The van der Waals surface area contributed by atoms with Crippen LogP contribution in [-0.4, -0.2) is 16.1 Å². The van der Waals surface area contributed by atoms with E-state index in [0.717, 1.165) is 22.9 Å². The highest BCUT2D eigenvalue weighted by atomic mass is 35.5. The lowest BCUT2D eigenvalue weighted by molar-refractivity contribution is 0.112. The summed E-state index contributed by atoms with van der Waals surface area (Å²) in [6.45, 7) is 0. The normalized spacial score (nSPS) is 10.7. The first-order valence-corrected chi connectivity index (χ1v) is 5.85. The van der Waals surface area contributed by atoms with E-state index in [4.69, 9.17) is 11.6 Å². The van der Waals surface area contributed by atoms with E-state index in [2.05, 4.69) is 5.10 Å². The Bertz CT molecular complexity index is 733. The van der Waals surface area contributed by atoms with Gasteiger partial charge in [-0.15, -0.1) is 0 Å². The van der Waals surface area contributed by atoms with Crippen LogP contribution in [0.1, 0.15) is 10.4 Å². The van der Waals surface area contributed by atoms with Crippen molar-refractivity contribution in [3.05, 3.63) is 59.2 Å². The van der Waals surface area contributed by atoms with Crippen molar-refractivity contribution in [2.45, 2.75) is 0 Å². The summed E-state index contributed by atoms with van der Waals surface area (Å²) < 4.78 is 1.80. The molecule has 4 heteroatoms. The molecule has 0 N–H and O–H groups in total. The second-order valence-electron chi connectivity index (χ2n) is 3.94. The van der Waals surface area contributed by atoms with E-state index in [1.54, 1.807) is 23.0 Å². The molecule has 18 heavy (non-hydrogen) atoms. The highest BCUT2D eigenvalue weighted by molar-refractivity contribution is 6.33. The highest BCUT2D eigenvalue weighted by Crippen LogP contribution is 2.22. The molecule has 0 aliphatic rings. The summed E-state index contributed by atoms with van der Waals surface area (Å²) in [6, 6.07) is 13.2. The largest absolute Gasteiger partial charge is 0.298 e. The molecule has 0 saturated heterocycles. The molecule has 3 nitrogen and oxygen atoms in total. The fourth-order valence-corrected chi connectivity index (χ4v) is 2.14. The molecule has 0 unspecified atom stereocenters. The van der Waals surface area contributed by atoms with E-state index in [9.17, 15) is 4.79 Å². The molecule has 0 radical (unpaired) electrons. The molecule has 1 heterocycles. The number of para-hydroxylation sites is 1. The van der Waals surface area contributed by atoms with Crippen LogP contribution in [-0.2, 0) is 0 Å². The summed E-state index contributed by atoms with van der Waals surface area (Å²) in [7, 11) is 0. The average molecular weight is 257 g/mol. The van der Waals surface area contributed by atoms with Crippen molar-refractivity contribution in [1.82, 2.24) is 9.78 Å². The van der Waals surface area contributed by atoms with Gasteiger partial charge in [0.05, 0.1) is 22.4 Å². The molecule has 0 aliphatic heterocycles. The van der Waals surface area contributed by atoms with Gasteiger partial charge in [-0.2, -0.15) is 5.10 Å². The first-order valence-electron chi connectivity index (χ1n) is 5.47. The van der Waals surface area contributed by atoms with Crippen molar-refractivity contribution >= 4 is 28.8 Å². The van der Waals surface area contributed by atoms with Gasteiger partial charge >= 0.3 is 0 Å². The number of halogens is 1. The van der Waals surface area contributed by atoms with Gasteiger partial charge in [-0.25, -0.2) is 4.68 Å². The minimum absolute atomic E-state index is 0.432. The van der Waals surface area contributed by atoms with Crippen LogP contribution in [0.3, 0.4) is 0 Å². The number of fused-ring (bicyclic) bond motifs is 1. The van der Waals surface area contributed by atoms with Crippen molar-refractivity contribution in [3.8, 4) is 5.69 Å². The average Bonchev–Trinajstić information content (AvgIpc) is 2.82. The minimum Gasteiger partial charge on any atom is -0.298 e. The Balaban J connectivity index is 2.20. The second kappa shape index (κ2) is 4.27. The number of aromatic nitrogens is 2. The Morgan fingerprint density at radius 1 is 1.17 bits per heavy atom. The van der Waals surface area contributed by atoms with E-state index >= 15 is 0 Å². The third-order valence-corrected chi connectivity index (χ3v) is 3.16. The zero-order chi connectivity index (χ0) is 12.5. The Morgan fingerprint density at radius 3 is 2.78 bits per heavy atom. The molecule has 88 valence electrons. The first-order chi connectivity index (χ1) is 8.79. The van der Waals surface area contributed by atoms with Gasteiger partial charge in [0.25, 0.3) is 0 Å². The van der Waals surface area contributed by atoms with E-state index < -0.39 is 0 Å². The van der Waals surface area contributed by atoms with E-state index in [1.807, 2.05) is 30.3 Å². The SMILES string of the molecule is O=Cc1ccc(-n2ncc3ccccc32)cc1Cl. The van der Waals surface area contributed by atoms with Gasteiger partial charge in [0.1, 0.15) is 0 Å². The number of carbonyl (C=O) groups excluding carboxylic acids is 1. The predicted molar refractivity (Wildman–Crippen MR) is 71.5 cm³/mol. The third kappa shape index (κ3) is 1.69. The predicted octanol–water partition coefficient (Wildman–Crippen LogP) is 3.49. The standard InChI is InChI=1S/C14H9ClN2O/c15-13-7-12(6-5-11(13)9-18)17-14-4-2-1-3-10(14)8-16-17/h1-9H. The van der Waals surface area contributed by atoms with Gasteiger partial charge in [0.15, 0.2) is 6.29 Å². The number of aldehydes is 1. The van der Waals surface area contributed by atoms with Crippen LogP contribution < -0.4 is 0 Å². The van der Waals surface area contributed by atoms with Crippen molar-refractivity contribution in [3.63, 3.8) is 0 Å². The van der Waals surface area contributed by atoms with E-state index in [0.29, 0.717) is 10.6 Å². The molecule has 0 saturated carbocycles. The molecule has 1 aromatic heterocycles. The van der Waals surface area contributed by atoms with Crippen LogP contribution in [0, 0.1) is 0 Å². The molecule has 0 fully saturated rings. The second-order valence-corrected chi connectivity index (χ2v) is 4.35. The van der Waals surface area contributed by atoms with Crippen molar-refractivity contribution in [1.29, 1.82) is 0 Å². The maximum absolute atomic E-state index is 10.7. The summed E-state index contributed by atoms with van der Waals surface area (Å²) >= 11 is 6.03. The van der Waals surface area contributed by atoms with Crippen LogP contribution in [0.2, 0.25) is 5.02 Å². The van der Waals surface area contributed by atoms with Crippen molar-refractivity contribution < 1.29 is 4.79 Å². The zero-order valence-electron chi connectivity index (χ0n) is 9.38. The molecule has 0 bridgehead atoms. The lowest BCUT2D eigenvalue weighted by Crippen LogP contribution is -1.96. The van der Waals surface area contributed by atoms with Crippen LogP contribution in [0.5, 0.6) is 0 Å². The molecule has 3 rings (SSSR count). The Kier molecular flexibility index (Phi) is 2.61. The minimum atomic E-state index is 0.432. The summed E-state index contributed by atoms with van der Waals surface area (Å²) in [5.74, 6) is 0. The highest BCUT2D eigenvalue weighted by Gasteiger charge is 2.06. The summed E-state index contributed by atoms with van der Waals surface area (Å²) in [6.07, 6.45) is 2.55. The molecule has 0 amide bonds. The monoisotopic (exact) mass is 256 g/mol. The molecule has 3 aromatic rings.